The Balaban J connectivity index is 0.000000501. The lowest BCUT2D eigenvalue weighted by Crippen LogP contribution is -2.54. The van der Waals surface area contributed by atoms with Crippen LogP contribution in [0.1, 0.15) is 189 Å². The van der Waals surface area contributed by atoms with Crippen LogP contribution in [-0.2, 0) is 106 Å². The first kappa shape index (κ1) is 121. The number of rotatable bonds is 36. The maximum Gasteiger partial charge on any atom is 0.514 e. The first-order valence-electron chi connectivity index (χ1n) is 44.1. The van der Waals surface area contributed by atoms with Crippen molar-refractivity contribution >= 4 is 157 Å². The number of nitro benzene ring substituents is 1. The number of hydrogen-bond donors (Lipinski definition) is 12. The number of nitrogens with one attached hydrogen (secondary N) is 10. The van der Waals surface area contributed by atoms with E-state index in [1.807, 2.05) is 6.07 Å². The Bertz CT molecular complexity index is 5290. The molecule has 11 amide bonds. The molecule has 0 bridgehead atoms. The number of non-ortho nitro benzene ring substituents is 1. The number of amides is 11. The number of anilines is 3. The molecule has 0 saturated heterocycles. The summed E-state index contributed by atoms with van der Waals surface area (Å²) in [5, 5.41) is 52.4. The molecule has 770 valence electrons. The third-order valence-electron chi connectivity index (χ3n) is 18.8. The SMILES string of the molecule is CC(C)[C@H](NC(=O)OC(C)(C)C)C(=O)N[C@@H](C)C(=O)Nc1ccc(COC(=O)N(C)Cc2ccccc2C(=O)Cl)cc1.CC(C)[C@H](NC(=O)OC(C)(C)C)C(=O)N[C@@H](C)C(=O)Nc1ccc(COC(=O)N(C)Cc2ccccc2C(=O)O)cc1.CC(C)[C@H](NC(=O)OC(C)(C)C)C(=O)N[C@@H](C)C(=O)Nc1ccc(COC(=O)Oc2ccc([N+](=O)[O-])cc2)cc1.CNCc1ccccc1C(=O)O.O=C(Cl)C(=O)Cl. The standard InChI is InChI=1S/C30H39ClN4O7.C30H40N4O8.C27H34N4O9.C9H11NO2.C2Cl2O2/c1-18(2)24(34-28(39)42-30(4,5)6)27(38)32-19(3)26(37)33-22-14-12-20(13-15-22)17-41-29(40)35(7)16-21-10-8-9-11-23(21)25(31)36;1-18(2)24(33-28(39)42-30(4,5)6)26(36)31-19(3)25(35)32-22-14-12-20(13-15-22)17-41-29(40)34(7)16-21-10-8-9-11-23(21)27(37)38;1-16(2)22(30-25(34)40-27(4,5)6)24(33)28-17(3)23(32)29-19-9-7-18(8-10-19)15-38-26(35)39-21-13-11-20(12-14-21)31(36)37;1-10-6-7-4-2-3-5-8(7)9(11)12;3-1(5)2(4)6/h8-15,18-19,24H,16-17H2,1-7H3,(H,32,38)(H,33,37)(H,34,39);8-15,18-19,24H,16-17H2,1-7H3,(H,31,36)(H,32,35)(H,33,39)(H,37,38);7-14,16-17,22H,15H2,1-6H3,(H,28,33)(H,29,32)(H,30,34);2-5,10H,6H2,1H3,(H,11,12);/t2*19-,24-;17-,22-;;/m000../s1. The van der Waals surface area contributed by atoms with Crippen molar-refractivity contribution in [2.24, 2.45) is 17.8 Å². The Labute approximate surface area is 837 Å². The largest absolute Gasteiger partial charge is 0.514 e. The second-order valence-corrected chi connectivity index (χ2v) is 36.5. The highest BCUT2D eigenvalue weighted by Crippen LogP contribution is 2.23. The molecule has 44 heteroatoms. The van der Waals surface area contributed by atoms with Gasteiger partial charge in [-0.3, -0.25) is 53.3 Å². The van der Waals surface area contributed by atoms with E-state index in [1.165, 1.54) is 68.0 Å². The number of alkyl carbamates (subject to hydrolysis) is 3. The molecular weight excluding hydrogens is 1910 g/mol. The summed E-state index contributed by atoms with van der Waals surface area (Å²) >= 11 is 14.6. The fourth-order valence-electron chi connectivity index (χ4n) is 11.7. The van der Waals surface area contributed by atoms with Crippen LogP contribution in [0.4, 0.5) is 51.5 Å². The van der Waals surface area contributed by atoms with E-state index in [2.05, 4.69) is 76.4 Å². The van der Waals surface area contributed by atoms with Crippen molar-refractivity contribution in [1.82, 2.24) is 47.0 Å². The minimum atomic E-state index is -1.14. The van der Waals surface area contributed by atoms with Gasteiger partial charge in [0.15, 0.2) is 0 Å². The Morgan fingerprint density at radius 3 is 0.937 bits per heavy atom. The summed E-state index contributed by atoms with van der Waals surface area (Å²) in [5.41, 5.74) is 3.71. The summed E-state index contributed by atoms with van der Waals surface area (Å²) in [4.78, 5) is 215. The van der Waals surface area contributed by atoms with Crippen molar-refractivity contribution in [1.29, 1.82) is 0 Å². The van der Waals surface area contributed by atoms with E-state index in [0.717, 1.165) is 5.56 Å². The molecule has 6 atom stereocenters. The fourth-order valence-corrected chi connectivity index (χ4v) is 11.8. The van der Waals surface area contributed by atoms with Gasteiger partial charge in [-0.05, 0) is 243 Å². The van der Waals surface area contributed by atoms with Crippen LogP contribution < -0.4 is 57.9 Å². The maximum absolute atomic E-state index is 12.8. The molecule has 0 aliphatic heterocycles. The van der Waals surface area contributed by atoms with Crippen molar-refractivity contribution in [3.8, 4) is 5.75 Å². The minimum Gasteiger partial charge on any atom is -0.478 e. The number of carboxylic acid groups (broad SMARTS) is 2. The number of nitrogens with zero attached hydrogens (tertiary/aromatic N) is 3. The van der Waals surface area contributed by atoms with Gasteiger partial charge in [-0.15, -0.1) is 0 Å². The number of carbonyl (C=O) groups is 17. The van der Waals surface area contributed by atoms with E-state index in [-0.39, 0.29) is 67.7 Å². The molecule has 7 aromatic carbocycles. The number of nitro groups is 1. The van der Waals surface area contributed by atoms with Gasteiger partial charge in [0.1, 0.15) is 78.6 Å². The second-order valence-electron chi connectivity index (χ2n) is 35.5. The van der Waals surface area contributed by atoms with E-state index in [4.69, 9.17) is 49.9 Å². The first-order valence-corrected chi connectivity index (χ1v) is 45.2. The number of ether oxygens (including phenoxy) is 7. The van der Waals surface area contributed by atoms with Gasteiger partial charge in [-0.2, -0.15) is 0 Å². The molecule has 0 aliphatic rings. The summed E-state index contributed by atoms with van der Waals surface area (Å²) in [6.45, 7) is 31.2. The number of carbonyl (C=O) groups excluding carboxylic acids is 15. The number of benzene rings is 7. The molecule has 7 aromatic rings. The Kier molecular flexibility index (Phi) is 50.3. The van der Waals surface area contributed by atoms with Crippen molar-refractivity contribution in [2.75, 3.05) is 37.1 Å². The Morgan fingerprint density at radius 1 is 0.380 bits per heavy atom. The summed E-state index contributed by atoms with van der Waals surface area (Å²) in [6, 6.07) is 39.4. The molecule has 12 N–H and O–H groups in total. The molecule has 142 heavy (non-hydrogen) atoms. The summed E-state index contributed by atoms with van der Waals surface area (Å²) in [6.07, 6.45) is -4.39. The zero-order valence-corrected chi connectivity index (χ0v) is 84.9. The summed E-state index contributed by atoms with van der Waals surface area (Å²) < 4.78 is 36.4. The van der Waals surface area contributed by atoms with Crippen molar-refractivity contribution in [3.63, 3.8) is 0 Å². The Hall–Kier alpha value is -14.8. The number of carboxylic acids is 2. The van der Waals surface area contributed by atoms with Gasteiger partial charge in [-0.1, -0.05) is 133 Å². The molecule has 0 fully saturated rings. The van der Waals surface area contributed by atoms with Gasteiger partial charge in [0, 0.05) is 68.5 Å². The quantitative estimate of drug-likeness (QED) is 0.00330. The van der Waals surface area contributed by atoms with Gasteiger partial charge < -0.3 is 106 Å². The van der Waals surface area contributed by atoms with Crippen LogP contribution in [0.2, 0.25) is 0 Å². The summed E-state index contributed by atoms with van der Waals surface area (Å²) in [5.74, 6) is -5.60. The lowest BCUT2D eigenvalue weighted by atomic mass is 10.0. The van der Waals surface area contributed by atoms with Crippen LogP contribution in [0.3, 0.4) is 0 Å². The molecule has 0 spiro atoms. The molecule has 0 aliphatic carbocycles. The third kappa shape index (κ3) is 46.7. The monoisotopic (exact) mass is 2040 g/mol. The van der Waals surface area contributed by atoms with Crippen molar-refractivity contribution in [3.05, 3.63) is 230 Å². The zero-order valence-electron chi connectivity index (χ0n) is 82.6. The molecule has 0 aromatic heterocycles. The molecule has 0 heterocycles. The molecule has 0 unspecified atom stereocenters. The summed E-state index contributed by atoms with van der Waals surface area (Å²) in [7, 11) is 4.85. The average Bonchev–Trinajstić information content (AvgIpc) is 0.857. The molecule has 41 nitrogen and oxygen atoms in total. The van der Waals surface area contributed by atoms with E-state index < -0.39 is 158 Å². The Morgan fingerprint density at radius 2 is 0.662 bits per heavy atom. The third-order valence-corrected chi connectivity index (χ3v) is 19.4. The van der Waals surface area contributed by atoms with Gasteiger partial charge in [0.05, 0.1) is 16.1 Å². The van der Waals surface area contributed by atoms with Crippen molar-refractivity contribution in [2.45, 2.75) is 217 Å². The van der Waals surface area contributed by atoms with Gasteiger partial charge >= 0.3 is 59.0 Å². The van der Waals surface area contributed by atoms with Crippen LogP contribution in [0.15, 0.2) is 170 Å². The lowest BCUT2D eigenvalue weighted by Gasteiger charge is -2.26. The van der Waals surface area contributed by atoms with Crippen LogP contribution >= 0.6 is 34.8 Å². The van der Waals surface area contributed by atoms with Gasteiger partial charge in [0.2, 0.25) is 35.4 Å². The number of hydrogen-bond acceptors (Lipinski definition) is 27. The van der Waals surface area contributed by atoms with Crippen molar-refractivity contribution < 1.29 is 130 Å². The predicted octanol–water partition coefficient (Wildman–Crippen LogP) is 14.9. The first-order chi connectivity index (χ1) is 66.2. The van der Waals surface area contributed by atoms with Crippen LogP contribution in [0.5, 0.6) is 5.75 Å². The molecule has 0 radical (unpaired) electrons. The molecule has 7 rings (SSSR count). The molecular formula is C98H124Cl3N13O28. The van der Waals surface area contributed by atoms with Crippen LogP contribution in [0, 0.1) is 27.9 Å². The number of halogens is 3. The lowest BCUT2D eigenvalue weighted by molar-refractivity contribution is -0.384. The van der Waals surface area contributed by atoms with E-state index in [9.17, 15) is 96.7 Å². The smallest absolute Gasteiger partial charge is 0.478 e. The van der Waals surface area contributed by atoms with Gasteiger partial charge in [-0.25, -0.2) is 38.4 Å². The molecule has 0 saturated carbocycles. The van der Waals surface area contributed by atoms with Crippen LogP contribution in [-0.4, -0.2) is 199 Å². The predicted molar refractivity (Wildman–Crippen MR) is 527 cm³/mol. The topological polar surface area (TPSA) is 565 Å². The highest BCUT2D eigenvalue weighted by molar-refractivity contribution is 6.97. The fraction of sp³-hybridized carbons (Fsp3) is 0.398. The minimum absolute atomic E-state index is 0.0127. The second kappa shape index (κ2) is 58.9. The number of aromatic carboxylic acids is 2. The van der Waals surface area contributed by atoms with Gasteiger partial charge in [0.25, 0.3) is 10.9 Å². The van der Waals surface area contributed by atoms with Crippen LogP contribution in [0.25, 0.3) is 0 Å². The maximum atomic E-state index is 12.8. The zero-order chi connectivity index (χ0) is 107. The highest BCUT2D eigenvalue weighted by Gasteiger charge is 2.34. The van der Waals surface area contributed by atoms with E-state index in [1.54, 1.807) is 251 Å². The normalized spacial score (nSPS) is 12.0. The van der Waals surface area contributed by atoms with E-state index >= 15 is 0 Å². The van der Waals surface area contributed by atoms with E-state index in [0.29, 0.717) is 62.6 Å². The highest BCUT2D eigenvalue weighted by atomic mass is 35.5. The average molecular weight is 2040 g/mol.